The summed E-state index contributed by atoms with van der Waals surface area (Å²) >= 11 is 1.64. The van der Waals surface area contributed by atoms with Crippen molar-refractivity contribution in [2.75, 3.05) is 18.0 Å². The standard InChI is InChI=1S/C18H17N3O2S/c22-11-13-6-2-3-7-14(13)17-10-15(20-23-17)16-12-24-18(19-16)21-8-4-1-5-9-21/h2-3,6-7,10-12H,1,4-5,8-9H2. The molecule has 24 heavy (non-hydrogen) atoms. The summed E-state index contributed by atoms with van der Waals surface area (Å²) in [5.74, 6) is 0.584. The van der Waals surface area contributed by atoms with Gasteiger partial charge in [0, 0.05) is 35.7 Å². The van der Waals surface area contributed by atoms with Gasteiger partial charge in [0.15, 0.2) is 17.2 Å². The van der Waals surface area contributed by atoms with Crippen LogP contribution in [0.4, 0.5) is 5.13 Å². The third kappa shape index (κ3) is 2.85. The number of carbonyl (C=O) groups is 1. The van der Waals surface area contributed by atoms with Gasteiger partial charge in [0.1, 0.15) is 11.4 Å². The highest BCUT2D eigenvalue weighted by Gasteiger charge is 2.17. The number of benzene rings is 1. The summed E-state index contributed by atoms with van der Waals surface area (Å²) in [6.07, 6.45) is 4.59. The van der Waals surface area contributed by atoms with Gasteiger partial charge in [0.2, 0.25) is 0 Å². The fourth-order valence-electron chi connectivity index (χ4n) is 2.96. The molecule has 0 amide bonds. The van der Waals surface area contributed by atoms with Crippen molar-refractivity contribution in [2.24, 2.45) is 0 Å². The zero-order valence-corrected chi connectivity index (χ0v) is 14.0. The van der Waals surface area contributed by atoms with Gasteiger partial charge < -0.3 is 9.42 Å². The van der Waals surface area contributed by atoms with Crippen LogP contribution in [0.25, 0.3) is 22.7 Å². The summed E-state index contributed by atoms with van der Waals surface area (Å²) in [5.41, 5.74) is 2.86. The van der Waals surface area contributed by atoms with Crippen molar-refractivity contribution in [1.82, 2.24) is 10.1 Å². The van der Waals surface area contributed by atoms with Gasteiger partial charge in [-0.15, -0.1) is 11.3 Å². The fraction of sp³-hybridized carbons (Fsp3) is 0.278. The minimum atomic E-state index is 0.584. The molecule has 1 aliphatic rings. The molecule has 0 atom stereocenters. The van der Waals surface area contributed by atoms with Crippen LogP contribution in [-0.4, -0.2) is 29.5 Å². The molecule has 6 heteroatoms. The first-order valence-corrected chi connectivity index (χ1v) is 8.95. The van der Waals surface area contributed by atoms with Gasteiger partial charge in [0.05, 0.1) is 0 Å². The number of aromatic nitrogens is 2. The van der Waals surface area contributed by atoms with E-state index in [1.165, 1.54) is 19.3 Å². The Balaban J connectivity index is 1.61. The highest BCUT2D eigenvalue weighted by Crippen LogP contribution is 2.31. The second-order valence-electron chi connectivity index (χ2n) is 5.84. The first kappa shape index (κ1) is 15.1. The SMILES string of the molecule is O=Cc1ccccc1-c1cc(-c2csc(N3CCCCC3)n2)no1. The van der Waals surface area contributed by atoms with E-state index in [0.29, 0.717) is 17.0 Å². The third-order valence-corrected chi connectivity index (χ3v) is 5.15. The van der Waals surface area contributed by atoms with Crippen LogP contribution in [0.2, 0.25) is 0 Å². The molecule has 3 heterocycles. The molecule has 1 aliphatic heterocycles. The van der Waals surface area contributed by atoms with E-state index in [1.807, 2.05) is 29.6 Å². The normalized spacial score (nSPS) is 14.8. The zero-order chi connectivity index (χ0) is 16.4. The lowest BCUT2D eigenvalue weighted by Crippen LogP contribution is -2.29. The third-order valence-electron chi connectivity index (χ3n) is 4.24. The molecule has 0 saturated carbocycles. The molecule has 3 aromatic rings. The molecule has 2 aromatic heterocycles. The molecule has 0 unspecified atom stereocenters. The maximum atomic E-state index is 11.2. The number of anilines is 1. The summed E-state index contributed by atoms with van der Waals surface area (Å²) in [6.45, 7) is 2.15. The number of hydrogen-bond acceptors (Lipinski definition) is 6. The Bertz CT molecular complexity index is 849. The maximum Gasteiger partial charge on any atom is 0.185 e. The van der Waals surface area contributed by atoms with E-state index in [2.05, 4.69) is 10.1 Å². The lowest BCUT2D eigenvalue weighted by atomic mass is 10.1. The molecule has 1 saturated heterocycles. The first-order chi connectivity index (χ1) is 11.8. The van der Waals surface area contributed by atoms with Crippen molar-refractivity contribution in [3.8, 4) is 22.7 Å². The second-order valence-corrected chi connectivity index (χ2v) is 6.68. The molecular formula is C18H17N3O2S. The highest BCUT2D eigenvalue weighted by molar-refractivity contribution is 7.14. The minimum absolute atomic E-state index is 0.584. The van der Waals surface area contributed by atoms with Gasteiger partial charge in [-0.2, -0.15) is 0 Å². The first-order valence-electron chi connectivity index (χ1n) is 8.07. The molecular weight excluding hydrogens is 322 g/mol. The van der Waals surface area contributed by atoms with E-state index in [4.69, 9.17) is 9.51 Å². The van der Waals surface area contributed by atoms with E-state index >= 15 is 0 Å². The Morgan fingerprint density at radius 3 is 2.79 bits per heavy atom. The van der Waals surface area contributed by atoms with E-state index in [1.54, 1.807) is 17.4 Å². The maximum absolute atomic E-state index is 11.2. The average Bonchev–Trinajstić information content (AvgIpc) is 3.32. The van der Waals surface area contributed by atoms with Crippen molar-refractivity contribution in [2.45, 2.75) is 19.3 Å². The summed E-state index contributed by atoms with van der Waals surface area (Å²) in [6, 6.07) is 9.17. The minimum Gasteiger partial charge on any atom is -0.356 e. The number of nitrogens with zero attached hydrogens (tertiary/aromatic N) is 3. The summed E-state index contributed by atoms with van der Waals surface area (Å²) in [5, 5.41) is 7.19. The van der Waals surface area contributed by atoms with Gasteiger partial charge >= 0.3 is 0 Å². The van der Waals surface area contributed by atoms with Gasteiger partial charge in [-0.25, -0.2) is 4.98 Å². The number of thiazole rings is 1. The van der Waals surface area contributed by atoms with Crippen LogP contribution in [-0.2, 0) is 0 Å². The molecule has 122 valence electrons. The lowest BCUT2D eigenvalue weighted by Gasteiger charge is -2.25. The van der Waals surface area contributed by atoms with Gasteiger partial charge in [-0.05, 0) is 19.3 Å². The monoisotopic (exact) mass is 339 g/mol. The smallest absolute Gasteiger partial charge is 0.185 e. The van der Waals surface area contributed by atoms with E-state index in [9.17, 15) is 4.79 Å². The molecule has 0 bridgehead atoms. The molecule has 4 rings (SSSR count). The van der Waals surface area contributed by atoms with Gasteiger partial charge in [-0.3, -0.25) is 4.79 Å². The predicted octanol–water partition coefficient (Wildman–Crippen LogP) is 4.27. The average molecular weight is 339 g/mol. The number of aldehydes is 1. The largest absolute Gasteiger partial charge is 0.356 e. The van der Waals surface area contributed by atoms with Crippen LogP contribution in [0.1, 0.15) is 29.6 Å². The molecule has 0 aliphatic carbocycles. The van der Waals surface area contributed by atoms with Gasteiger partial charge in [0.25, 0.3) is 0 Å². The van der Waals surface area contributed by atoms with Crippen molar-refractivity contribution < 1.29 is 9.32 Å². The number of carbonyl (C=O) groups excluding carboxylic acids is 1. The van der Waals surface area contributed by atoms with Crippen LogP contribution in [0.15, 0.2) is 40.2 Å². The Kier molecular flexibility index (Phi) is 4.13. The Hall–Kier alpha value is -2.47. The van der Waals surface area contributed by atoms with Crippen LogP contribution in [0.3, 0.4) is 0 Å². The number of piperidine rings is 1. The predicted molar refractivity (Wildman–Crippen MR) is 94.5 cm³/mol. The summed E-state index contributed by atoms with van der Waals surface area (Å²) in [4.78, 5) is 18.2. The number of hydrogen-bond donors (Lipinski definition) is 0. The van der Waals surface area contributed by atoms with E-state index < -0.39 is 0 Å². The Morgan fingerprint density at radius 1 is 1.12 bits per heavy atom. The van der Waals surface area contributed by atoms with Crippen molar-refractivity contribution in [1.29, 1.82) is 0 Å². The van der Waals surface area contributed by atoms with E-state index in [-0.39, 0.29) is 0 Å². The van der Waals surface area contributed by atoms with Crippen LogP contribution in [0, 0.1) is 0 Å². The topological polar surface area (TPSA) is 59.2 Å². The van der Waals surface area contributed by atoms with Crippen LogP contribution in [0.5, 0.6) is 0 Å². The summed E-state index contributed by atoms with van der Waals surface area (Å²) < 4.78 is 5.44. The van der Waals surface area contributed by atoms with E-state index in [0.717, 1.165) is 35.8 Å². The number of rotatable bonds is 4. The molecule has 5 nitrogen and oxygen atoms in total. The molecule has 0 radical (unpaired) electrons. The molecule has 1 aromatic carbocycles. The molecule has 0 N–H and O–H groups in total. The fourth-order valence-corrected chi connectivity index (χ4v) is 3.83. The second kappa shape index (κ2) is 6.57. The van der Waals surface area contributed by atoms with Crippen LogP contribution >= 0.6 is 11.3 Å². The van der Waals surface area contributed by atoms with Gasteiger partial charge in [-0.1, -0.05) is 29.4 Å². The Labute approximate surface area is 143 Å². The molecule has 1 fully saturated rings. The van der Waals surface area contributed by atoms with Crippen molar-refractivity contribution in [3.05, 3.63) is 41.3 Å². The Morgan fingerprint density at radius 2 is 1.96 bits per heavy atom. The van der Waals surface area contributed by atoms with Crippen LogP contribution < -0.4 is 4.90 Å². The highest BCUT2D eigenvalue weighted by atomic mass is 32.1. The summed E-state index contributed by atoms with van der Waals surface area (Å²) in [7, 11) is 0. The van der Waals surface area contributed by atoms with Crippen molar-refractivity contribution in [3.63, 3.8) is 0 Å². The lowest BCUT2D eigenvalue weighted by molar-refractivity contribution is 0.112. The zero-order valence-electron chi connectivity index (χ0n) is 13.1. The quantitative estimate of drug-likeness (QED) is 0.664. The molecule has 0 spiro atoms. The van der Waals surface area contributed by atoms with Crippen molar-refractivity contribution >= 4 is 22.8 Å².